The van der Waals surface area contributed by atoms with E-state index >= 15 is 0 Å². The fraction of sp³-hybridized carbons (Fsp3) is 0.278. The summed E-state index contributed by atoms with van der Waals surface area (Å²) in [6.45, 7) is 1.98. The van der Waals surface area contributed by atoms with Crippen LogP contribution in [0.3, 0.4) is 0 Å². The minimum atomic E-state index is -1.60. The Morgan fingerprint density at radius 2 is 1.88 bits per heavy atom. The quantitative estimate of drug-likeness (QED) is 0.598. The van der Waals surface area contributed by atoms with Crippen LogP contribution in [0.4, 0.5) is 0 Å². The minimum absolute atomic E-state index is 0.0143. The summed E-state index contributed by atoms with van der Waals surface area (Å²) in [5.74, 6) is 1.04. The fourth-order valence-electron chi connectivity index (χ4n) is 2.55. The topological polar surface area (TPSA) is 76.0 Å². The van der Waals surface area contributed by atoms with E-state index in [1.54, 1.807) is 13.2 Å². The molecule has 0 aliphatic carbocycles. The van der Waals surface area contributed by atoms with Crippen molar-refractivity contribution in [3.8, 4) is 11.5 Å². The first kappa shape index (κ1) is 18.0. The predicted molar refractivity (Wildman–Crippen MR) is 93.2 cm³/mol. The van der Waals surface area contributed by atoms with E-state index in [0.29, 0.717) is 17.7 Å². The van der Waals surface area contributed by atoms with Gasteiger partial charge in [-0.15, -0.1) is 0 Å². The van der Waals surface area contributed by atoms with Gasteiger partial charge in [0.1, 0.15) is 11.5 Å². The second kappa shape index (κ2) is 7.99. The molecule has 1 atom stereocenters. The molecule has 0 aliphatic rings. The maximum Gasteiger partial charge on any atom is 0.488 e. The van der Waals surface area contributed by atoms with Crippen LogP contribution >= 0.6 is 0 Å². The number of ketones is 1. The van der Waals surface area contributed by atoms with Gasteiger partial charge in [-0.1, -0.05) is 25.1 Å². The summed E-state index contributed by atoms with van der Waals surface area (Å²) in [5, 5.41) is 18.4. The van der Waals surface area contributed by atoms with Crippen molar-refractivity contribution >= 4 is 18.4 Å². The minimum Gasteiger partial charge on any atom is -0.497 e. The van der Waals surface area contributed by atoms with Crippen LogP contribution in [0, 0.1) is 0 Å². The highest BCUT2D eigenvalue weighted by molar-refractivity contribution is 6.58. The number of benzene rings is 2. The van der Waals surface area contributed by atoms with E-state index < -0.39 is 7.12 Å². The first-order valence-corrected chi connectivity index (χ1v) is 7.67. The van der Waals surface area contributed by atoms with Crippen LogP contribution in [-0.4, -0.2) is 37.2 Å². The predicted octanol–water partition coefficient (Wildman–Crippen LogP) is 1.76. The zero-order valence-corrected chi connectivity index (χ0v) is 14.0. The second-order valence-corrected chi connectivity index (χ2v) is 5.64. The largest absolute Gasteiger partial charge is 0.497 e. The Morgan fingerprint density at radius 3 is 2.50 bits per heavy atom. The van der Waals surface area contributed by atoms with E-state index in [1.807, 2.05) is 31.2 Å². The highest BCUT2D eigenvalue weighted by Gasteiger charge is 2.20. The molecule has 0 saturated carbocycles. The van der Waals surface area contributed by atoms with Gasteiger partial charge in [0, 0.05) is 6.42 Å². The van der Waals surface area contributed by atoms with Crippen molar-refractivity contribution in [3.63, 3.8) is 0 Å². The molecule has 2 aromatic rings. The third kappa shape index (κ3) is 4.16. The van der Waals surface area contributed by atoms with E-state index in [4.69, 9.17) is 9.47 Å². The van der Waals surface area contributed by atoms with E-state index in [-0.39, 0.29) is 17.2 Å². The lowest BCUT2D eigenvalue weighted by Crippen LogP contribution is -2.30. The summed E-state index contributed by atoms with van der Waals surface area (Å²) in [6, 6.07) is 12.2. The highest BCUT2D eigenvalue weighted by Crippen LogP contribution is 2.27. The van der Waals surface area contributed by atoms with Crippen LogP contribution < -0.4 is 14.9 Å². The summed E-state index contributed by atoms with van der Waals surface area (Å²) >= 11 is 0. The lowest BCUT2D eigenvalue weighted by molar-refractivity contribution is 0.0972. The van der Waals surface area contributed by atoms with Crippen molar-refractivity contribution in [3.05, 3.63) is 53.6 Å². The molecular weight excluding hydrogens is 307 g/mol. The Bertz CT molecular complexity index is 714. The van der Waals surface area contributed by atoms with Gasteiger partial charge >= 0.3 is 7.12 Å². The molecule has 6 heteroatoms. The Labute approximate surface area is 142 Å². The van der Waals surface area contributed by atoms with Crippen LogP contribution in [0.25, 0.3) is 0 Å². The summed E-state index contributed by atoms with van der Waals surface area (Å²) in [7, 11) is 1.46. The maximum atomic E-state index is 12.6. The van der Waals surface area contributed by atoms with Gasteiger partial charge in [0.05, 0.1) is 19.8 Å². The van der Waals surface area contributed by atoms with Crippen molar-refractivity contribution in [2.24, 2.45) is 0 Å². The van der Waals surface area contributed by atoms with Crippen LogP contribution in [-0.2, 0) is 0 Å². The van der Waals surface area contributed by atoms with Crippen LogP contribution in [0.15, 0.2) is 42.5 Å². The number of hydrogen-bond donors (Lipinski definition) is 2. The third-order valence-corrected chi connectivity index (χ3v) is 3.98. The van der Waals surface area contributed by atoms with E-state index in [0.717, 1.165) is 11.3 Å². The summed E-state index contributed by atoms with van der Waals surface area (Å²) in [6.07, 6.45) is 0.310. The number of carbonyl (C=O) groups is 1. The zero-order valence-electron chi connectivity index (χ0n) is 14.0. The molecule has 0 aliphatic heterocycles. The standard InChI is InChI=1S/C18H21BO5/c1-12(13-5-4-6-15(10-13)23-2)9-17(20)16-8-7-14(19(21)22)11-18(16)24-3/h4-8,10-12,21-22H,9H2,1-3H3/t12-/m0/s1. The van der Waals surface area contributed by atoms with Crippen molar-refractivity contribution in [1.29, 1.82) is 0 Å². The molecule has 2 rings (SSSR count). The fourth-order valence-corrected chi connectivity index (χ4v) is 2.55. The van der Waals surface area contributed by atoms with Crippen molar-refractivity contribution < 1.29 is 24.3 Å². The lowest BCUT2D eigenvalue weighted by Gasteiger charge is -2.14. The van der Waals surface area contributed by atoms with Gasteiger partial charge in [0.25, 0.3) is 0 Å². The number of rotatable bonds is 7. The number of methoxy groups -OCH3 is 2. The van der Waals surface area contributed by atoms with E-state index in [2.05, 4.69) is 0 Å². The molecule has 0 fully saturated rings. The number of carbonyl (C=O) groups excluding carboxylic acids is 1. The van der Waals surface area contributed by atoms with Gasteiger partial charge in [-0.25, -0.2) is 0 Å². The molecule has 5 nitrogen and oxygen atoms in total. The Kier molecular flexibility index (Phi) is 6.01. The van der Waals surface area contributed by atoms with Crippen molar-refractivity contribution in [2.45, 2.75) is 19.3 Å². The molecule has 2 aromatic carbocycles. The summed E-state index contributed by atoms with van der Waals surface area (Å²) in [5.41, 5.74) is 1.73. The van der Waals surface area contributed by atoms with E-state index in [1.165, 1.54) is 19.2 Å². The Hall–Kier alpha value is -2.31. The lowest BCUT2D eigenvalue weighted by atomic mass is 9.79. The summed E-state index contributed by atoms with van der Waals surface area (Å²) in [4.78, 5) is 12.6. The summed E-state index contributed by atoms with van der Waals surface area (Å²) < 4.78 is 10.4. The first-order chi connectivity index (χ1) is 11.5. The van der Waals surface area contributed by atoms with Gasteiger partial charge in [0.15, 0.2) is 5.78 Å². The van der Waals surface area contributed by atoms with E-state index in [9.17, 15) is 14.8 Å². The van der Waals surface area contributed by atoms with Gasteiger partial charge in [0.2, 0.25) is 0 Å². The molecule has 0 amide bonds. The van der Waals surface area contributed by atoms with Crippen LogP contribution in [0.2, 0.25) is 0 Å². The first-order valence-electron chi connectivity index (χ1n) is 7.67. The molecule has 0 saturated heterocycles. The number of hydrogen-bond acceptors (Lipinski definition) is 5. The molecule has 0 bridgehead atoms. The molecule has 0 heterocycles. The molecule has 126 valence electrons. The van der Waals surface area contributed by atoms with Crippen molar-refractivity contribution in [1.82, 2.24) is 0 Å². The van der Waals surface area contributed by atoms with Gasteiger partial charge in [-0.05, 0) is 41.2 Å². The van der Waals surface area contributed by atoms with Gasteiger partial charge in [-0.2, -0.15) is 0 Å². The Balaban J connectivity index is 2.19. The second-order valence-electron chi connectivity index (χ2n) is 5.64. The number of Topliss-reactive ketones (excluding diaryl/α,β-unsaturated/α-hetero) is 1. The smallest absolute Gasteiger partial charge is 0.488 e. The molecule has 0 radical (unpaired) electrons. The monoisotopic (exact) mass is 328 g/mol. The Morgan fingerprint density at radius 1 is 1.12 bits per heavy atom. The normalized spacial score (nSPS) is 11.7. The molecule has 24 heavy (non-hydrogen) atoms. The van der Waals surface area contributed by atoms with Crippen molar-refractivity contribution in [2.75, 3.05) is 14.2 Å². The van der Waals surface area contributed by atoms with Gasteiger partial charge < -0.3 is 19.5 Å². The molecule has 0 spiro atoms. The average Bonchev–Trinajstić information content (AvgIpc) is 2.60. The number of ether oxygens (including phenoxy) is 2. The zero-order chi connectivity index (χ0) is 17.7. The van der Waals surface area contributed by atoms with Crippen LogP contribution in [0.5, 0.6) is 11.5 Å². The molecule has 0 aromatic heterocycles. The maximum absolute atomic E-state index is 12.6. The molecular formula is C18H21BO5. The molecule has 2 N–H and O–H groups in total. The average molecular weight is 328 g/mol. The SMILES string of the molecule is COc1cccc([C@@H](C)CC(=O)c2ccc(B(O)O)cc2OC)c1. The van der Waals surface area contributed by atoms with Crippen LogP contribution in [0.1, 0.15) is 35.2 Å². The third-order valence-electron chi connectivity index (χ3n) is 3.98. The molecule has 0 unspecified atom stereocenters. The van der Waals surface area contributed by atoms with Gasteiger partial charge in [-0.3, -0.25) is 4.79 Å². The highest BCUT2D eigenvalue weighted by atomic mass is 16.5.